The highest BCUT2D eigenvalue weighted by Gasteiger charge is 2.10. The Morgan fingerprint density at radius 3 is 2.61 bits per heavy atom. The molecule has 18 heavy (non-hydrogen) atoms. The van der Waals surface area contributed by atoms with Crippen LogP contribution in [0.4, 0.5) is 11.4 Å². The third-order valence-electron chi connectivity index (χ3n) is 2.21. The zero-order valence-electron chi connectivity index (χ0n) is 9.17. The molecule has 0 spiro atoms. The minimum atomic E-state index is -0.438. The van der Waals surface area contributed by atoms with E-state index < -0.39 is 4.92 Å². The first-order chi connectivity index (χ1) is 8.56. The number of nitro benzene ring substituents is 1. The highest BCUT2D eigenvalue weighted by Crippen LogP contribution is 2.30. The standard InChI is InChI=1S/C12H9IN2O3/c13-11-7-9(15(16)17)4-5-12(11)18-10-3-1-2-8(14)6-10/h1-7H,14H2. The first-order valence-electron chi connectivity index (χ1n) is 5.03. The van der Waals surface area contributed by atoms with Crippen LogP contribution < -0.4 is 10.5 Å². The van der Waals surface area contributed by atoms with Crippen LogP contribution in [0.3, 0.4) is 0 Å². The Hall–Kier alpha value is -1.83. The molecule has 0 saturated heterocycles. The molecule has 0 fully saturated rings. The average Bonchev–Trinajstić information content (AvgIpc) is 2.31. The fourth-order valence-corrected chi connectivity index (χ4v) is 2.00. The van der Waals surface area contributed by atoms with Crippen LogP contribution in [-0.2, 0) is 0 Å². The zero-order valence-corrected chi connectivity index (χ0v) is 11.3. The van der Waals surface area contributed by atoms with Gasteiger partial charge in [0.15, 0.2) is 0 Å². The maximum absolute atomic E-state index is 10.6. The van der Waals surface area contributed by atoms with Crippen molar-refractivity contribution in [3.8, 4) is 11.5 Å². The molecule has 0 bridgehead atoms. The number of anilines is 1. The minimum Gasteiger partial charge on any atom is -0.456 e. The summed E-state index contributed by atoms with van der Waals surface area (Å²) in [6, 6.07) is 11.4. The summed E-state index contributed by atoms with van der Waals surface area (Å²) >= 11 is 1.99. The highest BCUT2D eigenvalue weighted by atomic mass is 127. The molecule has 2 N–H and O–H groups in total. The van der Waals surface area contributed by atoms with E-state index in [-0.39, 0.29) is 5.69 Å². The number of halogens is 1. The van der Waals surface area contributed by atoms with Crippen LogP contribution in [0, 0.1) is 13.7 Å². The Bertz CT molecular complexity index is 602. The van der Waals surface area contributed by atoms with Gasteiger partial charge < -0.3 is 10.5 Å². The molecular weight excluding hydrogens is 347 g/mol. The molecule has 0 heterocycles. The van der Waals surface area contributed by atoms with Crippen LogP contribution in [0.5, 0.6) is 11.5 Å². The van der Waals surface area contributed by atoms with Crippen molar-refractivity contribution in [2.45, 2.75) is 0 Å². The molecule has 6 heteroatoms. The van der Waals surface area contributed by atoms with Gasteiger partial charge in [-0.3, -0.25) is 10.1 Å². The van der Waals surface area contributed by atoms with Gasteiger partial charge in [0.1, 0.15) is 11.5 Å². The van der Waals surface area contributed by atoms with E-state index in [9.17, 15) is 10.1 Å². The third-order valence-corrected chi connectivity index (χ3v) is 3.06. The molecule has 92 valence electrons. The van der Waals surface area contributed by atoms with Gasteiger partial charge in [0.25, 0.3) is 5.69 Å². The van der Waals surface area contributed by atoms with E-state index in [1.165, 1.54) is 12.1 Å². The summed E-state index contributed by atoms with van der Waals surface area (Å²) in [6.07, 6.45) is 0. The quantitative estimate of drug-likeness (QED) is 0.395. The molecule has 0 amide bonds. The number of benzene rings is 2. The molecule has 0 aliphatic rings. The summed E-state index contributed by atoms with van der Waals surface area (Å²) in [5.74, 6) is 1.16. The van der Waals surface area contributed by atoms with Gasteiger partial charge in [-0.05, 0) is 40.8 Å². The summed E-state index contributed by atoms with van der Waals surface area (Å²) in [5.41, 5.74) is 6.29. The molecule has 2 aromatic carbocycles. The van der Waals surface area contributed by atoms with Crippen molar-refractivity contribution >= 4 is 34.0 Å². The van der Waals surface area contributed by atoms with Crippen LogP contribution in [0.25, 0.3) is 0 Å². The van der Waals surface area contributed by atoms with Crippen LogP contribution in [-0.4, -0.2) is 4.92 Å². The van der Waals surface area contributed by atoms with E-state index in [2.05, 4.69) is 0 Å². The maximum Gasteiger partial charge on any atom is 0.270 e. The topological polar surface area (TPSA) is 78.4 Å². The molecule has 5 nitrogen and oxygen atoms in total. The van der Waals surface area contributed by atoms with E-state index in [0.29, 0.717) is 20.8 Å². The van der Waals surface area contributed by atoms with Gasteiger partial charge in [-0.2, -0.15) is 0 Å². The molecule has 0 radical (unpaired) electrons. The van der Waals surface area contributed by atoms with Gasteiger partial charge in [0.2, 0.25) is 0 Å². The van der Waals surface area contributed by atoms with E-state index >= 15 is 0 Å². The van der Waals surface area contributed by atoms with Crippen LogP contribution in [0.2, 0.25) is 0 Å². The third kappa shape index (κ3) is 2.89. The van der Waals surface area contributed by atoms with Gasteiger partial charge in [-0.1, -0.05) is 6.07 Å². The predicted octanol–water partition coefficient (Wildman–Crippen LogP) is 3.57. The van der Waals surface area contributed by atoms with Crippen molar-refractivity contribution < 1.29 is 9.66 Å². The number of non-ortho nitro benzene ring substituents is 1. The molecule has 0 unspecified atom stereocenters. The van der Waals surface area contributed by atoms with Gasteiger partial charge in [0.05, 0.1) is 8.49 Å². The second-order valence-electron chi connectivity index (χ2n) is 3.55. The molecule has 0 atom stereocenters. The smallest absolute Gasteiger partial charge is 0.270 e. The number of hydrogen-bond acceptors (Lipinski definition) is 4. The fourth-order valence-electron chi connectivity index (χ4n) is 1.39. The van der Waals surface area contributed by atoms with Crippen molar-refractivity contribution in [2.75, 3.05) is 5.73 Å². The second kappa shape index (κ2) is 5.21. The van der Waals surface area contributed by atoms with Crippen molar-refractivity contribution in [2.24, 2.45) is 0 Å². The van der Waals surface area contributed by atoms with Crippen molar-refractivity contribution in [3.63, 3.8) is 0 Å². The number of ether oxygens (including phenoxy) is 1. The first kappa shape index (κ1) is 12.6. The van der Waals surface area contributed by atoms with E-state index in [1.54, 1.807) is 30.3 Å². The molecule has 0 saturated carbocycles. The second-order valence-corrected chi connectivity index (χ2v) is 4.71. The molecule has 0 aliphatic heterocycles. The lowest BCUT2D eigenvalue weighted by Gasteiger charge is -2.07. The lowest BCUT2D eigenvalue weighted by molar-refractivity contribution is -0.385. The van der Waals surface area contributed by atoms with Crippen LogP contribution in [0.1, 0.15) is 0 Å². The number of nitrogens with two attached hydrogens (primary N) is 1. The van der Waals surface area contributed by atoms with Crippen LogP contribution >= 0.6 is 22.6 Å². The Morgan fingerprint density at radius 1 is 1.22 bits per heavy atom. The summed E-state index contributed by atoms with van der Waals surface area (Å²) in [5, 5.41) is 10.6. The predicted molar refractivity (Wildman–Crippen MR) is 76.7 cm³/mol. The number of hydrogen-bond donors (Lipinski definition) is 1. The number of rotatable bonds is 3. The number of nitrogen functional groups attached to an aromatic ring is 1. The van der Waals surface area contributed by atoms with E-state index in [4.69, 9.17) is 10.5 Å². The van der Waals surface area contributed by atoms with Crippen molar-refractivity contribution in [3.05, 3.63) is 56.1 Å². The summed E-state index contributed by atoms with van der Waals surface area (Å²) in [4.78, 5) is 10.2. The zero-order chi connectivity index (χ0) is 13.1. The SMILES string of the molecule is Nc1cccc(Oc2ccc([N+](=O)[O-])cc2I)c1. The highest BCUT2D eigenvalue weighted by molar-refractivity contribution is 14.1. The number of nitro groups is 1. The number of nitrogens with zero attached hydrogens (tertiary/aromatic N) is 1. The Labute approximate surface area is 117 Å². The molecule has 2 aromatic rings. The fraction of sp³-hybridized carbons (Fsp3) is 0. The molecular formula is C12H9IN2O3. The Kier molecular flexibility index (Phi) is 3.66. The largest absolute Gasteiger partial charge is 0.456 e. The van der Waals surface area contributed by atoms with Gasteiger partial charge in [-0.15, -0.1) is 0 Å². The maximum atomic E-state index is 10.6. The first-order valence-corrected chi connectivity index (χ1v) is 6.11. The van der Waals surface area contributed by atoms with Gasteiger partial charge in [0, 0.05) is 23.9 Å². The molecule has 0 aliphatic carbocycles. The summed E-state index contributed by atoms with van der Waals surface area (Å²) in [6.45, 7) is 0. The summed E-state index contributed by atoms with van der Waals surface area (Å²) < 4.78 is 6.29. The lowest BCUT2D eigenvalue weighted by Crippen LogP contribution is -1.92. The Morgan fingerprint density at radius 2 is 2.00 bits per heavy atom. The minimum absolute atomic E-state index is 0.0410. The van der Waals surface area contributed by atoms with Crippen molar-refractivity contribution in [1.29, 1.82) is 0 Å². The average molecular weight is 356 g/mol. The normalized spacial score (nSPS) is 10.1. The van der Waals surface area contributed by atoms with Gasteiger partial charge in [-0.25, -0.2) is 0 Å². The van der Waals surface area contributed by atoms with E-state index in [1.807, 2.05) is 22.6 Å². The Balaban J connectivity index is 2.27. The van der Waals surface area contributed by atoms with Crippen LogP contribution in [0.15, 0.2) is 42.5 Å². The molecule has 2 rings (SSSR count). The van der Waals surface area contributed by atoms with Gasteiger partial charge >= 0.3 is 0 Å². The molecule has 0 aromatic heterocycles. The van der Waals surface area contributed by atoms with Crippen molar-refractivity contribution in [1.82, 2.24) is 0 Å². The monoisotopic (exact) mass is 356 g/mol. The lowest BCUT2D eigenvalue weighted by atomic mass is 10.3. The van der Waals surface area contributed by atoms with E-state index in [0.717, 1.165) is 0 Å². The summed E-state index contributed by atoms with van der Waals surface area (Å²) in [7, 11) is 0.